The molecule has 9 nitrogen and oxygen atoms in total. The zero-order chi connectivity index (χ0) is 48.0. The maximum atomic E-state index is 13.0. The average Bonchev–Trinajstić information content (AvgIpc) is 3.26. The fourth-order valence-corrected chi connectivity index (χ4v) is 9.05. The first kappa shape index (κ1) is 63.9. The van der Waals surface area contributed by atoms with Gasteiger partial charge in [0.1, 0.15) is 19.3 Å². The smallest absolute Gasteiger partial charge is 0.268 e. The van der Waals surface area contributed by atoms with Crippen molar-refractivity contribution < 1.29 is 38.0 Å². The quantitative estimate of drug-likeness (QED) is 0.0240. The third-order valence-electron chi connectivity index (χ3n) is 12.8. The number of rotatable bonds is 51. The van der Waals surface area contributed by atoms with E-state index in [1.807, 2.05) is 21.1 Å². The summed E-state index contributed by atoms with van der Waals surface area (Å²) in [6.45, 7) is 4.41. The number of phosphoric acid groups is 1. The van der Waals surface area contributed by atoms with Crippen LogP contribution in [0.1, 0.15) is 264 Å². The van der Waals surface area contributed by atoms with Crippen LogP contribution in [0.5, 0.6) is 0 Å². The Labute approximate surface area is 403 Å². The number of quaternary nitrogens is 1. The van der Waals surface area contributed by atoms with Crippen molar-refractivity contribution in [3.8, 4) is 0 Å². The van der Waals surface area contributed by atoms with E-state index in [1.165, 1.54) is 186 Å². The Hall–Kier alpha value is -1.06. The Morgan fingerprint density at radius 2 is 0.892 bits per heavy atom. The molecule has 65 heavy (non-hydrogen) atoms. The lowest BCUT2D eigenvalue weighted by atomic mass is 10.0. The molecule has 1 amide bonds. The van der Waals surface area contributed by atoms with Crippen LogP contribution in [0.3, 0.4) is 0 Å². The van der Waals surface area contributed by atoms with E-state index in [2.05, 4.69) is 43.5 Å². The number of carbonyl (C=O) groups excluding carboxylic acids is 1. The highest BCUT2D eigenvalue weighted by atomic mass is 31.2. The Kier molecular flexibility index (Phi) is 45.9. The maximum Gasteiger partial charge on any atom is 0.268 e. The van der Waals surface area contributed by atoms with Gasteiger partial charge in [0, 0.05) is 6.42 Å². The first-order chi connectivity index (χ1) is 31.4. The maximum absolute atomic E-state index is 13.0. The van der Waals surface area contributed by atoms with Crippen LogP contribution >= 0.6 is 7.82 Å². The van der Waals surface area contributed by atoms with Crippen LogP contribution in [-0.4, -0.2) is 79.8 Å². The van der Waals surface area contributed by atoms with Gasteiger partial charge in [-0.25, -0.2) is 0 Å². The highest BCUT2D eigenvalue weighted by Crippen LogP contribution is 2.38. The number of carbonyl (C=O) groups is 1. The number of aliphatic hydroxyl groups is 2. The van der Waals surface area contributed by atoms with E-state index in [9.17, 15) is 24.5 Å². The summed E-state index contributed by atoms with van der Waals surface area (Å²) in [6, 6.07) is -1.09. The molecule has 0 aromatic carbocycles. The van der Waals surface area contributed by atoms with Crippen molar-refractivity contribution in [1.29, 1.82) is 0 Å². The zero-order valence-electron chi connectivity index (χ0n) is 43.6. The van der Waals surface area contributed by atoms with Crippen molar-refractivity contribution in [1.82, 2.24) is 5.32 Å². The number of nitrogens with one attached hydrogen (secondary N) is 1. The van der Waals surface area contributed by atoms with E-state index >= 15 is 0 Å². The summed E-state index contributed by atoms with van der Waals surface area (Å²) in [5.74, 6) is -0.288. The van der Waals surface area contributed by atoms with Gasteiger partial charge in [0.15, 0.2) is 0 Å². The molecule has 0 saturated heterocycles. The molecule has 0 aromatic heterocycles. The summed E-state index contributed by atoms with van der Waals surface area (Å²) in [4.78, 5) is 25.5. The average molecular weight is 941 g/mol. The van der Waals surface area contributed by atoms with Crippen molar-refractivity contribution in [2.24, 2.45) is 0 Å². The number of hydrogen-bond acceptors (Lipinski definition) is 7. The van der Waals surface area contributed by atoms with Gasteiger partial charge in [-0.1, -0.05) is 231 Å². The van der Waals surface area contributed by atoms with Gasteiger partial charge in [-0.15, -0.1) is 0 Å². The Balaban J connectivity index is 4.13. The van der Waals surface area contributed by atoms with Crippen LogP contribution in [-0.2, 0) is 18.4 Å². The van der Waals surface area contributed by atoms with E-state index in [0.29, 0.717) is 30.3 Å². The molecule has 0 spiro atoms. The lowest BCUT2D eigenvalue weighted by molar-refractivity contribution is -0.870. The molecule has 0 saturated carbocycles. The number of amides is 1. The first-order valence-corrected chi connectivity index (χ1v) is 29.2. The summed E-state index contributed by atoms with van der Waals surface area (Å²) in [5.41, 5.74) is 0. The lowest BCUT2D eigenvalue weighted by Crippen LogP contribution is -2.51. The van der Waals surface area contributed by atoms with Gasteiger partial charge in [0.2, 0.25) is 5.91 Å². The van der Waals surface area contributed by atoms with Crippen molar-refractivity contribution in [2.75, 3.05) is 40.9 Å². The summed E-state index contributed by atoms with van der Waals surface area (Å²) in [5, 5.41) is 24.7. The summed E-state index contributed by atoms with van der Waals surface area (Å²) in [7, 11) is 1.11. The predicted molar refractivity (Wildman–Crippen MR) is 276 cm³/mol. The Bertz CT molecular complexity index is 1130. The minimum Gasteiger partial charge on any atom is -0.756 e. The largest absolute Gasteiger partial charge is 0.756 e. The van der Waals surface area contributed by atoms with Crippen LogP contribution in [0.25, 0.3) is 0 Å². The summed E-state index contributed by atoms with van der Waals surface area (Å²) >= 11 is 0. The molecule has 0 rings (SSSR count). The molecule has 0 aliphatic heterocycles. The van der Waals surface area contributed by atoms with Gasteiger partial charge < -0.3 is 34.0 Å². The van der Waals surface area contributed by atoms with Crippen LogP contribution in [0, 0.1) is 0 Å². The highest BCUT2D eigenvalue weighted by molar-refractivity contribution is 7.45. The normalized spacial score (nSPS) is 14.6. The molecular formula is C55H109N2O7P. The fourth-order valence-electron chi connectivity index (χ4n) is 8.33. The van der Waals surface area contributed by atoms with Gasteiger partial charge in [-0.2, -0.15) is 0 Å². The minimum atomic E-state index is -4.68. The Morgan fingerprint density at radius 1 is 0.538 bits per heavy atom. The van der Waals surface area contributed by atoms with Gasteiger partial charge in [-0.05, 0) is 51.4 Å². The molecule has 0 aliphatic rings. The summed E-state index contributed by atoms with van der Waals surface area (Å²) in [6.07, 6.45) is 54.0. The van der Waals surface area contributed by atoms with Crippen molar-refractivity contribution in [2.45, 2.75) is 283 Å². The number of hydrogen-bond donors (Lipinski definition) is 3. The number of aliphatic hydroxyl groups excluding tert-OH is 2. The third kappa shape index (κ3) is 47.8. The van der Waals surface area contributed by atoms with E-state index in [4.69, 9.17) is 9.05 Å². The molecule has 0 fully saturated rings. The van der Waals surface area contributed by atoms with Crippen LogP contribution in [0.15, 0.2) is 24.3 Å². The van der Waals surface area contributed by atoms with Gasteiger partial charge >= 0.3 is 0 Å². The molecule has 0 aromatic rings. The second-order valence-electron chi connectivity index (χ2n) is 20.4. The van der Waals surface area contributed by atoms with Crippen LogP contribution < -0.4 is 10.2 Å². The number of likely N-dealkylation sites (N-methyl/N-ethyl adjacent to an activating group) is 1. The lowest BCUT2D eigenvalue weighted by Gasteiger charge is -2.31. The van der Waals surface area contributed by atoms with Crippen molar-refractivity contribution in [3.05, 3.63) is 24.3 Å². The molecule has 0 radical (unpaired) electrons. The van der Waals surface area contributed by atoms with Gasteiger partial charge in [-0.3, -0.25) is 9.36 Å². The standard InChI is InChI=1S/C55H109N2O7P/c1-6-8-10-12-14-16-18-20-21-22-23-24-25-26-27-28-29-30-31-32-33-34-35-36-38-40-42-44-46-48-54(59)56-52(51-64-65(61,62)63-50-49-57(3,4)5)55(60)53(58)47-45-43-41-39-37-19-17-15-13-11-9-7-2/h15,17,39,41,52-53,55,58,60H,6-14,16,18-38,40,42-51H2,1-5H3,(H-,56,59,61,62)/b17-15+,41-39+. The number of nitrogens with zero attached hydrogens (tertiary/aromatic N) is 1. The second-order valence-corrected chi connectivity index (χ2v) is 21.8. The topological polar surface area (TPSA) is 128 Å². The molecule has 0 heterocycles. The first-order valence-electron chi connectivity index (χ1n) is 27.8. The molecule has 3 N–H and O–H groups in total. The monoisotopic (exact) mass is 941 g/mol. The number of allylic oxidation sites excluding steroid dienone is 4. The number of unbranched alkanes of at least 4 members (excludes halogenated alkanes) is 33. The molecule has 0 aliphatic carbocycles. The molecule has 4 unspecified atom stereocenters. The summed E-state index contributed by atoms with van der Waals surface area (Å²) < 4.78 is 23.2. The van der Waals surface area contributed by atoms with Crippen LogP contribution in [0.2, 0.25) is 0 Å². The van der Waals surface area contributed by atoms with Gasteiger partial charge in [0.25, 0.3) is 7.82 Å². The van der Waals surface area contributed by atoms with Crippen molar-refractivity contribution >= 4 is 13.7 Å². The Morgan fingerprint density at radius 3 is 1.29 bits per heavy atom. The van der Waals surface area contributed by atoms with E-state index < -0.39 is 32.7 Å². The molecule has 10 heteroatoms. The fraction of sp³-hybridized carbons (Fsp3) is 0.909. The highest BCUT2D eigenvalue weighted by Gasteiger charge is 2.29. The van der Waals surface area contributed by atoms with Crippen LogP contribution in [0.4, 0.5) is 0 Å². The molecule has 4 atom stereocenters. The van der Waals surface area contributed by atoms with Gasteiger partial charge in [0.05, 0.1) is 39.9 Å². The van der Waals surface area contributed by atoms with E-state index in [-0.39, 0.29) is 18.9 Å². The molecular weight excluding hydrogens is 832 g/mol. The minimum absolute atomic E-state index is 0.0467. The zero-order valence-corrected chi connectivity index (χ0v) is 44.5. The van der Waals surface area contributed by atoms with E-state index in [1.54, 1.807) is 0 Å². The van der Waals surface area contributed by atoms with Crippen molar-refractivity contribution in [3.63, 3.8) is 0 Å². The second kappa shape index (κ2) is 46.7. The molecule has 0 bridgehead atoms. The SMILES string of the molecule is CCCCC/C=C/CC/C=C/CCCC(O)C(O)C(COP(=O)([O-])OCC[N+](C)(C)C)NC(=O)CCCCCCCCCCCCCCCCCCCCCCCCCCCCCCC. The predicted octanol–water partition coefficient (Wildman–Crippen LogP) is 14.8. The number of phosphoric ester groups is 1. The third-order valence-corrected chi connectivity index (χ3v) is 13.7. The van der Waals surface area contributed by atoms with E-state index in [0.717, 1.165) is 38.5 Å². The molecule has 386 valence electrons.